The summed E-state index contributed by atoms with van der Waals surface area (Å²) in [5.74, 6) is 0. The molecule has 0 spiro atoms. The number of hydrogen-bond acceptors (Lipinski definition) is 4. The normalized spacial score (nSPS) is 10.2. The fourth-order valence-electron chi connectivity index (χ4n) is 4.01. The van der Waals surface area contributed by atoms with Crippen LogP contribution in [-0.2, 0) is 0 Å². The monoisotopic (exact) mass is 478 g/mol. The van der Waals surface area contributed by atoms with Gasteiger partial charge in [-0.05, 0) is 35.0 Å². The third kappa shape index (κ3) is 6.13. The maximum absolute atomic E-state index is 4.35. The third-order valence-electron chi connectivity index (χ3n) is 5.76. The summed E-state index contributed by atoms with van der Waals surface area (Å²) < 4.78 is 0. The van der Waals surface area contributed by atoms with E-state index < -0.39 is 0 Å². The van der Waals surface area contributed by atoms with Gasteiger partial charge in [-0.25, -0.2) is 0 Å². The maximum Gasteiger partial charge on any atom is 0.105 e. The minimum atomic E-state index is 0.843. The second kappa shape index (κ2) is 12.0. The van der Waals surface area contributed by atoms with E-state index in [-0.39, 0.29) is 0 Å². The molecule has 6 rings (SSSR count). The lowest BCUT2D eigenvalue weighted by Crippen LogP contribution is -1.99. The van der Waals surface area contributed by atoms with Crippen molar-refractivity contribution in [3.63, 3.8) is 0 Å². The Labute approximate surface area is 217 Å². The molecule has 4 nitrogen and oxygen atoms in total. The summed E-state index contributed by atoms with van der Waals surface area (Å²) in [6.45, 7) is 0. The highest BCUT2D eigenvalue weighted by molar-refractivity contribution is 5.90. The molecular formula is C33H26N4. The molecule has 0 bridgehead atoms. The molecule has 0 saturated heterocycles. The van der Waals surface area contributed by atoms with Crippen molar-refractivity contribution >= 4 is 11.4 Å². The Morgan fingerprint density at radius 1 is 0.351 bits per heavy atom. The van der Waals surface area contributed by atoms with Crippen LogP contribution in [0.15, 0.2) is 152 Å². The SMILES string of the molecule is c1ccc(-c2nnnc(-c3ccccc3)c2-c2ccccc2)cc1.c1ccc(Nc2ccccc2)cc1. The van der Waals surface area contributed by atoms with Crippen LogP contribution in [0, 0.1) is 0 Å². The second-order valence-electron chi connectivity index (χ2n) is 8.32. The number of benzene rings is 5. The van der Waals surface area contributed by atoms with Crippen LogP contribution in [0.1, 0.15) is 0 Å². The molecule has 0 unspecified atom stereocenters. The molecule has 0 atom stereocenters. The molecule has 1 aromatic heterocycles. The Hall–Kier alpha value is -5.09. The summed E-state index contributed by atoms with van der Waals surface area (Å²) in [4.78, 5) is 0. The molecule has 4 heteroatoms. The largest absolute Gasteiger partial charge is 0.356 e. The van der Waals surface area contributed by atoms with Crippen LogP contribution in [-0.4, -0.2) is 15.4 Å². The van der Waals surface area contributed by atoms with Crippen molar-refractivity contribution in [2.45, 2.75) is 0 Å². The number of anilines is 2. The Kier molecular flexibility index (Phi) is 7.70. The van der Waals surface area contributed by atoms with Gasteiger partial charge in [0.1, 0.15) is 11.4 Å². The van der Waals surface area contributed by atoms with Gasteiger partial charge in [0.25, 0.3) is 0 Å². The first-order valence-electron chi connectivity index (χ1n) is 12.2. The molecule has 1 heterocycles. The predicted molar refractivity (Wildman–Crippen MR) is 152 cm³/mol. The highest BCUT2D eigenvalue weighted by Gasteiger charge is 2.17. The summed E-state index contributed by atoms with van der Waals surface area (Å²) in [6.07, 6.45) is 0. The average Bonchev–Trinajstić information content (AvgIpc) is 2.99. The standard InChI is InChI=1S/C21H15N3.C12H11N/c1-4-10-16(11-5-1)19-20(17-12-6-2-7-13-17)22-24-23-21(19)18-14-8-3-9-15-18;1-3-7-11(8-4-1)13-12-9-5-2-6-10-12/h1-15H;1-10,13H. The van der Waals surface area contributed by atoms with E-state index in [1.807, 2.05) is 140 Å². The summed E-state index contributed by atoms with van der Waals surface area (Å²) >= 11 is 0. The van der Waals surface area contributed by atoms with Crippen molar-refractivity contribution in [3.05, 3.63) is 152 Å². The molecule has 0 aliphatic carbocycles. The minimum Gasteiger partial charge on any atom is -0.356 e. The number of hydrogen-bond donors (Lipinski definition) is 1. The van der Waals surface area contributed by atoms with Crippen LogP contribution in [0.5, 0.6) is 0 Å². The topological polar surface area (TPSA) is 50.7 Å². The minimum absolute atomic E-state index is 0.843. The molecule has 1 N–H and O–H groups in total. The van der Waals surface area contributed by atoms with E-state index in [1.54, 1.807) is 0 Å². The van der Waals surface area contributed by atoms with E-state index in [0.717, 1.165) is 45.0 Å². The van der Waals surface area contributed by atoms with E-state index in [4.69, 9.17) is 0 Å². The van der Waals surface area contributed by atoms with E-state index >= 15 is 0 Å². The van der Waals surface area contributed by atoms with Gasteiger partial charge in [-0.3, -0.25) is 0 Å². The molecule has 0 fully saturated rings. The molecule has 178 valence electrons. The summed E-state index contributed by atoms with van der Waals surface area (Å²) in [7, 11) is 0. The van der Waals surface area contributed by atoms with E-state index in [2.05, 4.69) is 32.9 Å². The van der Waals surface area contributed by atoms with Crippen molar-refractivity contribution in [2.75, 3.05) is 5.32 Å². The summed E-state index contributed by atoms with van der Waals surface area (Å²) in [5.41, 5.74) is 8.07. The van der Waals surface area contributed by atoms with Gasteiger partial charge in [-0.1, -0.05) is 127 Å². The quantitative estimate of drug-likeness (QED) is 0.271. The number of aromatic nitrogens is 3. The number of para-hydroxylation sites is 2. The van der Waals surface area contributed by atoms with Gasteiger partial charge in [-0.2, -0.15) is 0 Å². The maximum atomic E-state index is 4.35. The predicted octanol–water partition coefficient (Wildman–Crippen LogP) is 8.30. The lowest BCUT2D eigenvalue weighted by Gasteiger charge is -2.12. The van der Waals surface area contributed by atoms with Crippen molar-refractivity contribution in [1.82, 2.24) is 15.4 Å². The fourth-order valence-corrected chi connectivity index (χ4v) is 4.01. The van der Waals surface area contributed by atoms with Crippen molar-refractivity contribution in [1.29, 1.82) is 0 Å². The van der Waals surface area contributed by atoms with Crippen LogP contribution in [0.2, 0.25) is 0 Å². The highest BCUT2D eigenvalue weighted by Crippen LogP contribution is 2.36. The first kappa shape index (κ1) is 23.6. The second-order valence-corrected chi connectivity index (χ2v) is 8.32. The first-order chi connectivity index (χ1) is 18.4. The van der Waals surface area contributed by atoms with Gasteiger partial charge in [0.05, 0.1) is 0 Å². The van der Waals surface area contributed by atoms with Gasteiger partial charge in [-0.15, -0.1) is 10.2 Å². The Morgan fingerprint density at radius 2 is 0.676 bits per heavy atom. The lowest BCUT2D eigenvalue weighted by atomic mass is 9.95. The Balaban J connectivity index is 0.000000182. The van der Waals surface area contributed by atoms with Gasteiger partial charge in [0, 0.05) is 28.1 Å². The number of nitrogens with one attached hydrogen (secondary N) is 1. The summed E-state index contributed by atoms with van der Waals surface area (Å²) in [5, 5.41) is 16.0. The van der Waals surface area contributed by atoms with Crippen LogP contribution < -0.4 is 5.32 Å². The van der Waals surface area contributed by atoms with Crippen LogP contribution in [0.3, 0.4) is 0 Å². The Morgan fingerprint density at radius 3 is 1.05 bits per heavy atom. The molecular weight excluding hydrogens is 452 g/mol. The molecule has 0 aliphatic rings. The Bertz CT molecular complexity index is 1410. The van der Waals surface area contributed by atoms with Crippen molar-refractivity contribution < 1.29 is 0 Å². The zero-order valence-corrected chi connectivity index (χ0v) is 20.3. The molecule has 6 aromatic rings. The molecule has 0 saturated carbocycles. The van der Waals surface area contributed by atoms with Gasteiger partial charge in [0.15, 0.2) is 0 Å². The fraction of sp³-hybridized carbons (Fsp3) is 0. The van der Waals surface area contributed by atoms with E-state index in [1.165, 1.54) is 0 Å². The van der Waals surface area contributed by atoms with E-state index in [0.29, 0.717) is 0 Å². The number of nitrogens with zero attached hydrogens (tertiary/aromatic N) is 3. The van der Waals surface area contributed by atoms with Crippen LogP contribution in [0.25, 0.3) is 33.6 Å². The molecule has 37 heavy (non-hydrogen) atoms. The van der Waals surface area contributed by atoms with Crippen molar-refractivity contribution in [3.8, 4) is 33.6 Å². The molecule has 0 amide bonds. The van der Waals surface area contributed by atoms with Gasteiger partial charge >= 0.3 is 0 Å². The molecule has 5 aromatic carbocycles. The van der Waals surface area contributed by atoms with E-state index in [9.17, 15) is 0 Å². The lowest BCUT2D eigenvalue weighted by molar-refractivity contribution is 0.878. The summed E-state index contributed by atoms with van der Waals surface area (Å²) in [6, 6.07) is 50.7. The molecule has 0 aliphatic heterocycles. The number of rotatable bonds is 5. The third-order valence-corrected chi connectivity index (χ3v) is 5.76. The van der Waals surface area contributed by atoms with Crippen molar-refractivity contribution in [2.24, 2.45) is 0 Å². The zero-order chi connectivity index (χ0) is 25.1. The van der Waals surface area contributed by atoms with Gasteiger partial charge in [0.2, 0.25) is 0 Å². The highest BCUT2D eigenvalue weighted by atomic mass is 15.3. The average molecular weight is 479 g/mol. The van der Waals surface area contributed by atoms with Crippen LogP contribution >= 0.6 is 0 Å². The zero-order valence-electron chi connectivity index (χ0n) is 20.3. The smallest absolute Gasteiger partial charge is 0.105 e. The first-order valence-corrected chi connectivity index (χ1v) is 12.2. The van der Waals surface area contributed by atoms with Crippen LogP contribution in [0.4, 0.5) is 11.4 Å². The molecule has 0 radical (unpaired) electrons. The van der Waals surface area contributed by atoms with Gasteiger partial charge < -0.3 is 5.32 Å².